The first-order chi connectivity index (χ1) is 10.2. The van der Waals surface area contributed by atoms with Crippen molar-refractivity contribution < 1.29 is 4.74 Å². The summed E-state index contributed by atoms with van der Waals surface area (Å²) < 4.78 is 9.25. The lowest BCUT2D eigenvalue weighted by molar-refractivity contribution is 0.0836. The third-order valence-electron chi connectivity index (χ3n) is 4.27. The number of hydrogen-bond acceptors (Lipinski definition) is 2. The van der Waals surface area contributed by atoms with E-state index in [2.05, 4.69) is 39.6 Å². The lowest BCUT2D eigenvalue weighted by Gasteiger charge is -2.19. The molecule has 2 heterocycles. The van der Waals surface area contributed by atoms with E-state index < -0.39 is 0 Å². The van der Waals surface area contributed by atoms with Crippen molar-refractivity contribution in [3.05, 3.63) is 28.5 Å². The second-order valence-corrected chi connectivity index (χ2v) is 6.87. The molecule has 5 heteroatoms. The highest BCUT2D eigenvalue weighted by atomic mass is 79.9. The van der Waals surface area contributed by atoms with Crippen molar-refractivity contribution in [2.45, 2.75) is 38.8 Å². The zero-order valence-electron chi connectivity index (χ0n) is 12.2. The first-order valence-electron chi connectivity index (χ1n) is 7.55. The Hall–Kier alpha value is -0.580. The average molecular weight is 372 g/mol. The standard InChI is InChI=1S/C16H20BrClN2O/c1-2-15-11(6-8-21-15)10-20-14-9-12(17)3-4-13(14)19-16(20)5-7-18/h3-4,9,11,15H,2,5-8,10H2,1H3. The molecule has 2 aromatic rings. The lowest BCUT2D eigenvalue weighted by atomic mass is 9.99. The summed E-state index contributed by atoms with van der Waals surface area (Å²) in [5.74, 6) is 2.25. The second-order valence-electron chi connectivity index (χ2n) is 5.58. The SMILES string of the molecule is CCC1OCCC1Cn1c(CCCl)nc2ccc(Br)cc21. The molecular weight excluding hydrogens is 352 g/mol. The largest absolute Gasteiger partial charge is 0.378 e. The topological polar surface area (TPSA) is 27.1 Å². The quantitative estimate of drug-likeness (QED) is 0.729. The fourth-order valence-electron chi connectivity index (χ4n) is 3.21. The van der Waals surface area contributed by atoms with Gasteiger partial charge in [0.05, 0.1) is 17.1 Å². The molecule has 3 nitrogen and oxygen atoms in total. The van der Waals surface area contributed by atoms with Gasteiger partial charge < -0.3 is 9.30 Å². The Labute approximate surface area is 138 Å². The molecular formula is C16H20BrClN2O. The van der Waals surface area contributed by atoms with Gasteiger partial charge in [-0.3, -0.25) is 0 Å². The van der Waals surface area contributed by atoms with Crippen molar-refractivity contribution in [1.29, 1.82) is 0 Å². The van der Waals surface area contributed by atoms with Gasteiger partial charge in [-0.1, -0.05) is 22.9 Å². The fourth-order valence-corrected chi connectivity index (χ4v) is 3.73. The zero-order chi connectivity index (χ0) is 14.8. The van der Waals surface area contributed by atoms with Gasteiger partial charge in [-0.05, 0) is 31.0 Å². The molecule has 1 aromatic carbocycles. The number of benzene rings is 1. The number of nitrogens with zero attached hydrogens (tertiary/aromatic N) is 2. The van der Waals surface area contributed by atoms with Crippen molar-refractivity contribution >= 4 is 38.6 Å². The smallest absolute Gasteiger partial charge is 0.111 e. The average Bonchev–Trinajstić information content (AvgIpc) is 3.05. The molecule has 1 aromatic heterocycles. The number of halogens is 2. The molecule has 0 radical (unpaired) electrons. The minimum atomic E-state index is 0.374. The minimum Gasteiger partial charge on any atom is -0.378 e. The molecule has 0 N–H and O–H groups in total. The highest BCUT2D eigenvalue weighted by Gasteiger charge is 2.28. The van der Waals surface area contributed by atoms with Gasteiger partial charge in [0.25, 0.3) is 0 Å². The van der Waals surface area contributed by atoms with E-state index in [9.17, 15) is 0 Å². The van der Waals surface area contributed by atoms with Crippen LogP contribution in [0.1, 0.15) is 25.6 Å². The van der Waals surface area contributed by atoms with Crippen LogP contribution in [0.25, 0.3) is 11.0 Å². The highest BCUT2D eigenvalue weighted by molar-refractivity contribution is 9.10. The highest BCUT2D eigenvalue weighted by Crippen LogP contribution is 2.28. The zero-order valence-corrected chi connectivity index (χ0v) is 14.5. The van der Waals surface area contributed by atoms with Crippen LogP contribution >= 0.6 is 27.5 Å². The van der Waals surface area contributed by atoms with Crippen LogP contribution in [0.3, 0.4) is 0 Å². The van der Waals surface area contributed by atoms with E-state index in [1.807, 2.05) is 6.07 Å². The number of aromatic nitrogens is 2. The number of hydrogen-bond donors (Lipinski definition) is 0. The van der Waals surface area contributed by atoms with Gasteiger partial charge >= 0.3 is 0 Å². The van der Waals surface area contributed by atoms with Gasteiger partial charge in [-0.2, -0.15) is 0 Å². The Kier molecular flexibility index (Phi) is 4.87. The van der Waals surface area contributed by atoms with E-state index in [4.69, 9.17) is 21.3 Å². The molecule has 1 aliphatic heterocycles. The lowest BCUT2D eigenvalue weighted by Crippen LogP contribution is -2.21. The van der Waals surface area contributed by atoms with Gasteiger partial charge in [0.15, 0.2) is 0 Å². The Morgan fingerprint density at radius 1 is 1.48 bits per heavy atom. The van der Waals surface area contributed by atoms with E-state index in [1.165, 1.54) is 5.52 Å². The van der Waals surface area contributed by atoms with Crippen molar-refractivity contribution in [1.82, 2.24) is 9.55 Å². The van der Waals surface area contributed by atoms with E-state index in [0.717, 1.165) is 48.2 Å². The molecule has 0 amide bonds. The summed E-state index contributed by atoms with van der Waals surface area (Å²) in [7, 11) is 0. The van der Waals surface area contributed by atoms with E-state index >= 15 is 0 Å². The van der Waals surface area contributed by atoms with Gasteiger partial charge in [-0.25, -0.2) is 4.98 Å². The third-order valence-corrected chi connectivity index (χ3v) is 4.96. The summed E-state index contributed by atoms with van der Waals surface area (Å²) in [6.07, 6.45) is 3.38. The van der Waals surface area contributed by atoms with Crippen molar-refractivity contribution in [2.24, 2.45) is 5.92 Å². The van der Waals surface area contributed by atoms with Crippen LogP contribution in [0.4, 0.5) is 0 Å². The van der Waals surface area contributed by atoms with Gasteiger partial charge in [0, 0.05) is 35.8 Å². The van der Waals surface area contributed by atoms with Crippen LogP contribution in [0.2, 0.25) is 0 Å². The molecule has 3 rings (SSSR count). The molecule has 1 aliphatic rings. The number of aryl methyl sites for hydroxylation is 1. The predicted octanol–water partition coefficient (Wildman–Crippen LogP) is 4.40. The van der Waals surface area contributed by atoms with Crippen LogP contribution in [0, 0.1) is 5.92 Å². The summed E-state index contributed by atoms with van der Waals surface area (Å²) in [6.45, 7) is 4.05. The summed E-state index contributed by atoms with van der Waals surface area (Å²) in [5, 5.41) is 0. The molecule has 2 atom stereocenters. The molecule has 21 heavy (non-hydrogen) atoms. The van der Waals surface area contributed by atoms with Crippen LogP contribution in [-0.4, -0.2) is 28.1 Å². The number of alkyl halides is 1. The number of rotatable bonds is 5. The Morgan fingerprint density at radius 3 is 3.10 bits per heavy atom. The molecule has 0 saturated carbocycles. The number of fused-ring (bicyclic) bond motifs is 1. The molecule has 0 bridgehead atoms. The second kappa shape index (κ2) is 6.67. The maximum Gasteiger partial charge on any atom is 0.111 e. The Morgan fingerprint density at radius 2 is 2.33 bits per heavy atom. The van der Waals surface area contributed by atoms with Gasteiger partial charge in [0.2, 0.25) is 0 Å². The Balaban J connectivity index is 1.98. The predicted molar refractivity (Wildman–Crippen MR) is 90.0 cm³/mol. The first kappa shape index (κ1) is 15.3. The maximum absolute atomic E-state index is 5.95. The number of ether oxygens (including phenoxy) is 1. The van der Waals surface area contributed by atoms with E-state index in [-0.39, 0.29) is 0 Å². The molecule has 0 spiro atoms. The Bertz CT molecular complexity index is 628. The molecule has 1 saturated heterocycles. The van der Waals surface area contributed by atoms with Crippen LogP contribution < -0.4 is 0 Å². The summed E-state index contributed by atoms with van der Waals surface area (Å²) in [5.41, 5.74) is 2.23. The van der Waals surface area contributed by atoms with Crippen molar-refractivity contribution in [3.8, 4) is 0 Å². The van der Waals surface area contributed by atoms with Crippen molar-refractivity contribution in [3.63, 3.8) is 0 Å². The van der Waals surface area contributed by atoms with Crippen LogP contribution in [0.15, 0.2) is 22.7 Å². The van der Waals surface area contributed by atoms with Gasteiger partial charge in [-0.15, -0.1) is 11.6 Å². The monoisotopic (exact) mass is 370 g/mol. The summed E-state index contributed by atoms with van der Waals surface area (Å²) in [4.78, 5) is 4.75. The third kappa shape index (κ3) is 3.13. The summed E-state index contributed by atoms with van der Waals surface area (Å²) in [6, 6.07) is 6.25. The minimum absolute atomic E-state index is 0.374. The van der Waals surface area contributed by atoms with Crippen LogP contribution in [-0.2, 0) is 17.7 Å². The maximum atomic E-state index is 5.95. The normalized spacial score (nSPS) is 22.2. The van der Waals surface area contributed by atoms with Gasteiger partial charge in [0.1, 0.15) is 5.82 Å². The van der Waals surface area contributed by atoms with Crippen molar-refractivity contribution in [2.75, 3.05) is 12.5 Å². The molecule has 114 valence electrons. The van der Waals surface area contributed by atoms with E-state index in [0.29, 0.717) is 17.9 Å². The molecule has 1 fully saturated rings. The van der Waals surface area contributed by atoms with Crippen LogP contribution in [0.5, 0.6) is 0 Å². The van der Waals surface area contributed by atoms with E-state index in [1.54, 1.807) is 0 Å². The summed E-state index contributed by atoms with van der Waals surface area (Å²) >= 11 is 9.51. The first-order valence-corrected chi connectivity index (χ1v) is 8.88. The molecule has 0 aliphatic carbocycles. The fraction of sp³-hybridized carbons (Fsp3) is 0.562. The number of imidazole rings is 1. The molecule has 2 unspecified atom stereocenters.